The SMILES string of the molecule is CC(C)(C)Oc1ccc(-c2cc(N3C[C@H](O)C(F)(F)C3)c3nccn3n2)c(OC(C)(C)C)c1. The van der Waals surface area contributed by atoms with Gasteiger partial charge in [-0.25, -0.2) is 18.3 Å². The number of aromatic nitrogens is 3. The number of benzene rings is 1. The summed E-state index contributed by atoms with van der Waals surface area (Å²) in [6.07, 6.45) is 1.49. The fraction of sp³-hybridized carbons (Fsp3) is 0.500. The highest BCUT2D eigenvalue weighted by atomic mass is 19.3. The van der Waals surface area contributed by atoms with Crippen LogP contribution in [0.5, 0.6) is 11.5 Å². The lowest BCUT2D eigenvalue weighted by atomic mass is 10.1. The molecule has 178 valence electrons. The number of aliphatic hydroxyl groups is 1. The molecule has 0 unspecified atom stereocenters. The Labute approximate surface area is 192 Å². The van der Waals surface area contributed by atoms with Gasteiger partial charge >= 0.3 is 0 Å². The van der Waals surface area contributed by atoms with Crippen LogP contribution in [0.3, 0.4) is 0 Å². The van der Waals surface area contributed by atoms with Crippen molar-refractivity contribution in [1.29, 1.82) is 0 Å². The highest BCUT2D eigenvalue weighted by Gasteiger charge is 2.47. The van der Waals surface area contributed by atoms with E-state index in [4.69, 9.17) is 9.47 Å². The minimum absolute atomic E-state index is 0.192. The molecule has 0 aliphatic carbocycles. The van der Waals surface area contributed by atoms with Crippen molar-refractivity contribution in [3.8, 4) is 22.8 Å². The van der Waals surface area contributed by atoms with Gasteiger partial charge in [-0.3, -0.25) is 0 Å². The summed E-state index contributed by atoms with van der Waals surface area (Å²) >= 11 is 0. The number of fused-ring (bicyclic) bond motifs is 1. The molecule has 1 atom stereocenters. The Morgan fingerprint density at radius 3 is 2.36 bits per heavy atom. The minimum Gasteiger partial charge on any atom is -0.488 e. The Kier molecular flexibility index (Phi) is 5.51. The van der Waals surface area contributed by atoms with E-state index in [2.05, 4.69) is 10.1 Å². The van der Waals surface area contributed by atoms with Gasteiger partial charge < -0.3 is 19.5 Å². The molecule has 3 aromatic rings. The fourth-order valence-electron chi connectivity index (χ4n) is 3.76. The van der Waals surface area contributed by atoms with Crippen LogP contribution in [0.4, 0.5) is 14.5 Å². The van der Waals surface area contributed by atoms with Crippen molar-refractivity contribution in [2.45, 2.75) is 64.8 Å². The number of β-amino-alcohol motifs (C(OH)–C–C–N with tert-alkyl or cyclic N) is 1. The summed E-state index contributed by atoms with van der Waals surface area (Å²) in [7, 11) is 0. The Morgan fingerprint density at radius 1 is 1.06 bits per heavy atom. The lowest BCUT2D eigenvalue weighted by molar-refractivity contribution is -0.0712. The van der Waals surface area contributed by atoms with Crippen LogP contribution in [0.25, 0.3) is 16.9 Å². The van der Waals surface area contributed by atoms with E-state index in [1.165, 1.54) is 4.90 Å². The number of hydrogen-bond acceptors (Lipinski definition) is 6. The zero-order valence-corrected chi connectivity index (χ0v) is 19.8. The first kappa shape index (κ1) is 23.2. The molecule has 1 N–H and O–H groups in total. The zero-order chi connectivity index (χ0) is 24.2. The van der Waals surface area contributed by atoms with E-state index >= 15 is 0 Å². The van der Waals surface area contributed by atoms with Crippen LogP contribution in [-0.2, 0) is 0 Å². The smallest absolute Gasteiger partial charge is 0.292 e. The summed E-state index contributed by atoms with van der Waals surface area (Å²) in [5.74, 6) is -1.98. The van der Waals surface area contributed by atoms with Gasteiger partial charge in [0.15, 0.2) is 5.65 Å². The number of ether oxygens (including phenoxy) is 2. The highest BCUT2D eigenvalue weighted by Crippen LogP contribution is 2.39. The van der Waals surface area contributed by atoms with Crippen LogP contribution in [0.1, 0.15) is 41.5 Å². The number of imidazole rings is 1. The molecule has 0 amide bonds. The van der Waals surface area contributed by atoms with E-state index in [9.17, 15) is 13.9 Å². The van der Waals surface area contributed by atoms with Crippen LogP contribution in [0, 0.1) is 0 Å². The molecule has 0 spiro atoms. The molecule has 9 heteroatoms. The Balaban J connectivity index is 1.83. The minimum atomic E-state index is -3.19. The molecular formula is C24H30F2N4O3. The standard InChI is InChI=1S/C24H30F2N4O3/c1-22(2,3)32-15-7-8-16(19(11-15)33-23(4,5)6)17-12-18(21-27-9-10-30(21)28-17)29-13-20(31)24(25,26)14-29/h7-12,20,31H,13-14H2,1-6H3/t20-/m0/s1. The molecule has 0 saturated carbocycles. The van der Waals surface area contributed by atoms with E-state index in [1.807, 2.05) is 59.7 Å². The Hall–Kier alpha value is -2.94. The van der Waals surface area contributed by atoms with Crippen molar-refractivity contribution >= 4 is 11.3 Å². The van der Waals surface area contributed by atoms with Crippen LogP contribution in [0.15, 0.2) is 36.7 Å². The fourth-order valence-corrected chi connectivity index (χ4v) is 3.76. The van der Waals surface area contributed by atoms with Crippen molar-refractivity contribution in [2.75, 3.05) is 18.0 Å². The Bertz CT molecular complexity index is 1160. The molecule has 1 aromatic carbocycles. The average Bonchev–Trinajstić information content (AvgIpc) is 3.22. The summed E-state index contributed by atoms with van der Waals surface area (Å²) in [5.41, 5.74) is 1.26. The van der Waals surface area contributed by atoms with Gasteiger partial charge in [-0.1, -0.05) is 0 Å². The average molecular weight is 461 g/mol. The van der Waals surface area contributed by atoms with Gasteiger partial charge in [-0.05, 0) is 59.7 Å². The molecule has 0 radical (unpaired) electrons. The monoisotopic (exact) mass is 460 g/mol. The van der Waals surface area contributed by atoms with Crippen molar-refractivity contribution in [2.24, 2.45) is 0 Å². The molecule has 1 aliphatic heterocycles. The summed E-state index contributed by atoms with van der Waals surface area (Å²) in [6.45, 7) is 10.9. The molecule has 4 rings (SSSR count). The first-order valence-electron chi connectivity index (χ1n) is 10.9. The van der Waals surface area contributed by atoms with Gasteiger partial charge in [0, 0.05) is 24.0 Å². The molecule has 3 heterocycles. The third-order valence-electron chi connectivity index (χ3n) is 5.03. The van der Waals surface area contributed by atoms with Crippen molar-refractivity contribution in [3.63, 3.8) is 0 Å². The van der Waals surface area contributed by atoms with Crippen LogP contribution < -0.4 is 14.4 Å². The van der Waals surface area contributed by atoms with Crippen LogP contribution >= 0.6 is 0 Å². The lowest BCUT2D eigenvalue weighted by Crippen LogP contribution is -2.31. The van der Waals surface area contributed by atoms with E-state index in [-0.39, 0.29) is 12.1 Å². The number of aliphatic hydroxyl groups excluding tert-OH is 1. The van der Waals surface area contributed by atoms with Crippen LogP contribution in [0.2, 0.25) is 0 Å². The van der Waals surface area contributed by atoms with Gasteiger partial charge in [0.05, 0.1) is 24.5 Å². The van der Waals surface area contributed by atoms with Crippen LogP contribution in [-0.4, -0.2) is 56.0 Å². The number of halogens is 2. The second kappa shape index (κ2) is 7.83. The number of nitrogens with zero attached hydrogens (tertiary/aromatic N) is 4. The molecular weight excluding hydrogens is 430 g/mol. The predicted molar refractivity (Wildman–Crippen MR) is 122 cm³/mol. The van der Waals surface area contributed by atoms with Gasteiger partial charge in [0.1, 0.15) is 28.8 Å². The van der Waals surface area contributed by atoms with Gasteiger partial charge in [-0.2, -0.15) is 5.10 Å². The molecule has 0 bridgehead atoms. The lowest BCUT2D eigenvalue weighted by Gasteiger charge is -2.26. The first-order valence-corrected chi connectivity index (χ1v) is 10.9. The number of alkyl halides is 2. The predicted octanol–water partition coefficient (Wildman–Crippen LogP) is 4.57. The van der Waals surface area contributed by atoms with E-state index in [1.54, 1.807) is 23.0 Å². The summed E-state index contributed by atoms with van der Waals surface area (Å²) in [6, 6.07) is 7.22. The molecule has 1 fully saturated rings. The largest absolute Gasteiger partial charge is 0.488 e. The summed E-state index contributed by atoms with van der Waals surface area (Å²) < 4.78 is 42.0. The van der Waals surface area contributed by atoms with Crippen molar-refractivity contribution in [3.05, 3.63) is 36.7 Å². The quantitative estimate of drug-likeness (QED) is 0.615. The second-order valence-electron chi connectivity index (χ2n) is 10.4. The van der Waals surface area contributed by atoms with Gasteiger partial charge in [0.2, 0.25) is 0 Å². The van der Waals surface area contributed by atoms with Crippen molar-refractivity contribution < 1.29 is 23.4 Å². The van der Waals surface area contributed by atoms with Gasteiger partial charge in [-0.15, -0.1) is 0 Å². The third kappa shape index (κ3) is 5.03. The topological polar surface area (TPSA) is 72.1 Å². The maximum absolute atomic E-state index is 14.1. The van der Waals surface area contributed by atoms with E-state index in [0.29, 0.717) is 34.1 Å². The summed E-state index contributed by atoms with van der Waals surface area (Å²) in [4.78, 5) is 5.73. The maximum Gasteiger partial charge on any atom is 0.292 e. The molecule has 2 aromatic heterocycles. The molecule has 1 saturated heterocycles. The number of rotatable bonds is 4. The third-order valence-corrected chi connectivity index (χ3v) is 5.03. The molecule has 1 aliphatic rings. The van der Waals surface area contributed by atoms with Crippen molar-refractivity contribution in [1.82, 2.24) is 14.6 Å². The second-order valence-corrected chi connectivity index (χ2v) is 10.4. The normalized spacial score (nSPS) is 18.7. The first-order chi connectivity index (χ1) is 15.2. The zero-order valence-electron chi connectivity index (χ0n) is 19.8. The Morgan fingerprint density at radius 2 is 1.76 bits per heavy atom. The molecule has 7 nitrogen and oxygen atoms in total. The number of hydrogen-bond donors (Lipinski definition) is 1. The van der Waals surface area contributed by atoms with E-state index in [0.717, 1.165) is 0 Å². The number of anilines is 1. The highest BCUT2D eigenvalue weighted by molar-refractivity contribution is 5.77. The maximum atomic E-state index is 14.1. The summed E-state index contributed by atoms with van der Waals surface area (Å²) in [5, 5.41) is 14.5. The molecule has 33 heavy (non-hydrogen) atoms. The van der Waals surface area contributed by atoms with Gasteiger partial charge in [0.25, 0.3) is 5.92 Å². The van der Waals surface area contributed by atoms with E-state index < -0.39 is 24.2 Å².